The molecule has 6 heterocycles. The summed E-state index contributed by atoms with van der Waals surface area (Å²) in [4.78, 5) is 28.0. The third-order valence-electron chi connectivity index (χ3n) is 8.30. The number of imidazole rings is 1. The van der Waals surface area contributed by atoms with E-state index in [0.717, 1.165) is 46.0 Å². The molecule has 41 heavy (non-hydrogen) atoms. The zero-order valence-electron chi connectivity index (χ0n) is 21.6. The molecule has 1 saturated heterocycles. The van der Waals surface area contributed by atoms with Crippen LogP contribution in [0.3, 0.4) is 0 Å². The minimum Gasteiger partial charge on any atom is -0.449 e. The predicted octanol–water partition coefficient (Wildman–Crippen LogP) is 4.64. The molecule has 0 radical (unpaired) electrons. The van der Waals surface area contributed by atoms with Gasteiger partial charge in [-0.2, -0.15) is 18.3 Å². The number of piperidine rings is 1. The second kappa shape index (κ2) is 9.51. The summed E-state index contributed by atoms with van der Waals surface area (Å²) in [5, 5.41) is 5.83. The summed E-state index contributed by atoms with van der Waals surface area (Å²) < 4.78 is 48.9. The van der Waals surface area contributed by atoms with E-state index in [2.05, 4.69) is 14.9 Å². The molecule has 1 unspecified atom stereocenters. The Kier molecular flexibility index (Phi) is 6.12. The zero-order valence-corrected chi connectivity index (χ0v) is 23.1. The number of alkyl halides is 3. The number of halogens is 4. The normalized spacial score (nSPS) is 19.6. The number of nitrogens with zero attached hydrogens (tertiary/aromatic N) is 7. The molecule has 0 amide bonds. The minimum absolute atomic E-state index is 0.239. The quantitative estimate of drug-likeness (QED) is 0.332. The number of rotatable bonds is 4. The smallest absolute Gasteiger partial charge is 0.449 e. The fourth-order valence-corrected chi connectivity index (χ4v) is 7.45. The number of hydrogen-bond acceptors (Lipinski definition) is 9. The van der Waals surface area contributed by atoms with Crippen LogP contribution in [0.25, 0.3) is 5.52 Å². The van der Waals surface area contributed by atoms with Crippen LogP contribution in [0.2, 0.25) is 5.02 Å². The van der Waals surface area contributed by atoms with E-state index in [-0.39, 0.29) is 5.82 Å². The number of pyridine rings is 1. The van der Waals surface area contributed by atoms with Gasteiger partial charge in [0.05, 0.1) is 35.3 Å². The molecule has 1 spiro atoms. The summed E-state index contributed by atoms with van der Waals surface area (Å²) in [6.45, 7) is 1.44. The van der Waals surface area contributed by atoms with E-state index in [9.17, 15) is 18.0 Å². The van der Waals surface area contributed by atoms with Crippen LogP contribution in [-0.2, 0) is 28.9 Å². The van der Waals surface area contributed by atoms with Crippen LogP contribution in [-0.4, -0.2) is 54.4 Å². The largest absolute Gasteiger partial charge is 0.490 e. The van der Waals surface area contributed by atoms with E-state index in [1.165, 1.54) is 11.8 Å². The standard InChI is InChI=1S/C26H24ClF3N8O2S/c27-19-17(4-7-33-22(19)31)41-18-11-34-23(16-10-32-13-37(16)18)36-8-5-25(6-9-36)12-38-20(14-2-1-3-15(14)35-38)21(25)40-24(39)26(28,29)30/h4,7,10-11,13,21H,1-3,5-6,8-9,12H2,(H2,31,33). The van der Waals surface area contributed by atoms with Crippen molar-refractivity contribution >= 4 is 46.5 Å². The SMILES string of the molecule is Nc1nccc(Sc2cnc(N3CCC4(CC3)Cn3nc5c(c3C4OC(=O)C(F)(F)F)CCC5)c3cncn23)c1Cl. The number of carbonyl (C=O) groups is 1. The van der Waals surface area contributed by atoms with Gasteiger partial charge in [-0.3, -0.25) is 9.08 Å². The summed E-state index contributed by atoms with van der Waals surface area (Å²) >= 11 is 7.73. The van der Waals surface area contributed by atoms with Crippen molar-refractivity contribution in [3.05, 3.63) is 53.0 Å². The van der Waals surface area contributed by atoms with Gasteiger partial charge >= 0.3 is 12.1 Å². The first-order valence-electron chi connectivity index (χ1n) is 13.1. The first-order chi connectivity index (χ1) is 19.6. The lowest BCUT2D eigenvalue weighted by molar-refractivity contribution is -0.211. The number of nitrogens with two attached hydrogens (primary N) is 1. The predicted molar refractivity (Wildman–Crippen MR) is 144 cm³/mol. The highest BCUT2D eigenvalue weighted by atomic mass is 35.5. The highest BCUT2D eigenvalue weighted by Crippen LogP contribution is 2.54. The van der Waals surface area contributed by atoms with Gasteiger partial charge in [0.25, 0.3) is 0 Å². The number of anilines is 2. The number of fused-ring (bicyclic) bond motifs is 4. The van der Waals surface area contributed by atoms with Gasteiger partial charge in [0.1, 0.15) is 22.7 Å². The molecule has 0 saturated carbocycles. The number of ether oxygens (including phenoxy) is 1. The molecule has 1 fully saturated rings. The van der Waals surface area contributed by atoms with Crippen molar-refractivity contribution in [2.75, 3.05) is 23.7 Å². The van der Waals surface area contributed by atoms with Crippen molar-refractivity contribution in [1.82, 2.24) is 29.1 Å². The molecular formula is C26H24ClF3N8O2S. The monoisotopic (exact) mass is 604 g/mol. The van der Waals surface area contributed by atoms with Crippen LogP contribution in [0.1, 0.15) is 42.3 Å². The molecule has 0 bridgehead atoms. The van der Waals surface area contributed by atoms with Gasteiger partial charge in [-0.15, -0.1) is 0 Å². The molecule has 1 atom stereocenters. The summed E-state index contributed by atoms with van der Waals surface area (Å²) in [6, 6.07) is 1.77. The average Bonchev–Trinajstić information content (AvgIpc) is 3.71. The van der Waals surface area contributed by atoms with Crippen molar-refractivity contribution in [3.8, 4) is 0 Å². The molecule has 1 aliphatic carbocycles. The molecule has 3 aliphatic rings. The van der Waals surface area contributed by atoms with Crippen LogP contribution < -0.4 is 10.6 Å². The van der Waals surface area contributed by atoms with Crippen molar-refractivity contribution in [2.24, 2.45) is 5.41 Å². The Morgan fingerprint density at radius 2 is 2.00 bits per heavy atom. The highest BCUT2D eigenvalue weighted by Gasteiger charge is 2.55. The summed E-state index contributed by atoms with van der Waals surface area (Å²) in [5.74, 6) is -1.21. The second-order valence-corrected chi connectivity index (χ2v) is 12.1. The maximum Gasteiger partial charge on any atom is 0.490 e. The number of esters is 1. The van der Waals surface area contributed by atoms with Gasteiger partial charge in [0, 0.05) is 35.2 Å². The topological polar surface area (TPSA) is 116 Å². The van der Waals surface area contributed by atoms with Crippen LogP contribution in [0.4, 0.5) is 24.8 Å². The lowest BCUT2D eigenvalue weighted by Crippen LogP contribution is -2.45. The lowest BCUT2D eigenvalue weighted by Gasteiger charge is -2.42. The zero-order chi connectivity index (χ0) is 28.5. The number of aryl methyl sites for hydroxylation is 1. The number of aromatic nitrogens is 6. The van der Waals surface area contributed by atoms with E-state index in [1.54, 1.807) is 35.7 Å². The average molecular weight is 605 g/mol. The Bertz CT molecular complexity index is 1680. The van der Waals surface area contributed by atoms with Crippen molar-refractivity contribution in [2.45, 2.75) is 60.9 Å². The van der Waals surface area contributed by atoms with Crippen molar-refractivity contribution < 1.29 is 22.7 Å². The van der Waals surface area contributed by atoms with Crippen LogP contribution in [0, 0.1) is 5.41 Å². The third kappa shape index (κ3) is 4.30. The van der Waals surface area contributed by atoms with Gasteiger partial charge in [-0.1, -0.05) is 23.4 Å². The molecule has 7 rings (SSSR count). The van der Waals surface area contributed by atoms with E-state index in [0.29, 0.717) is 49.0 Å². The summed E-state index contributed by atoms with van der Waals surface area (Å²) in [6.07, 6.45) is 4.10. The molecule has 2 N–H and O–H groups in total. The molecule has 15 heteroatoms. The van der Waals surface area contributed by atoms with Crippen molar-refractivity contribution in [1.29, 1.82) is 0 Å². The van der Waals surface area contributed by atoms with E-state index in [4.69, 9.17) is 32.2 Å². The summed E-state index contributed by atoms with van der Waals surface area (Å²) in [5.41, 5.74) is 8.44. The Balaban J connectivity index is 1.16. The Labute approximate surface area is 241 Å². The van der Waals surface area contributed by atoms with Crippen LogP contribution in [0.5, 0.6) is 0 Å². The van der Waals surface area contributed by atoms with Crippen LogP contribution in [0.15, 0.2) is 40.9 Å². The van der Waals surface area contributed by atoms with E-state index >= 15 is 0 Å². The molecule has 0 aromatic carbocycles. The molecule has 4 aromatic rings. The van der Waals surface area contributed by atoms with Gasteiger partial charge < -0.3 is 15.4 Å². The molecule has 2 aliphatic heterocycles. The van der Waals surface area contributed by atoms with E-state index in [1.807, 2.05) is 4.40 Å². The second-order valence-electron chi connectivity index (χ2n) is 10.6. The number of nitrogen functional groups attached to an aromatic ring is 1. The molecule has 10 nitrogen and oxygen atoms in total. The highest BCUT2D eigenvalue weighted by molar-refractivity contribution is 7.99. The molecule has 4 aromatic heterocycles. The molecular weight excluding hydrogens is 581 g/mol. The maximum absolute atomic E-state index is 13.3. The first kappa shape index (κ1) is 26.4. The lowest BCUT2D eigenvalue weighted by atomic mass is 9.74. The van der Waals surface area contributed by atoms with Crippen molar-refractivity contribution in [3.63, 3.8) is 0 Å². The fourth-order valence-electron chi connectivity index (χ4n) is 6.33. The van der Waals surface area contributed by atoms with Gasteiger partial charge in [-0.05, 0) is 38.2 Å². The minimum atomic E-state index is -5.07. The maximum atomic E-state index is 13.3. The van der Waals surface area contributed by atoms with Gasteiger partial charge in [0.15, 0.2) is 11.9 Å². The van der Waals surface area contributed by atoms with Gasteiger partial charge in [0.2, 0.25) is 0 Å². The van der Waals surface area contributed by atoms with E-state index < -0.39 is 23.7 Å². The summed E-state index contributed by atoms with van der Waals surface area (Å²) in [7, 11) is 0. The first-order valence-corrected chi connectivity index (χ1v) is 14.3. The number of hydrogen-bond donors (Lipinski definition) is 1. The Morgan fingerprint density at radius 3 is 2.78 bits per heavy atom. The third-order valence-corrected chi connectivity index (χ3v) is 9.88. The number of carbonyl (C=O) groups excluding carboxylic acids is 1. The fraction of sp³-hybridized carbons (Fsp3) is 0.423. The Morgan fingerprint density at radius 1 is 1.20 bits per heavy atom. The molecule has 214 valence electrons. The van der Waals surface area contributed by atoms with Gasteiger partial charge in [-0.25, -0.2) is 19.7 Å². The Hall–Kier alpha value is -3.52. The van der Waals surface area contributed by atoms with Crippen LogP contribution >= 0.6 is 23.4 Å².